The van der Waals surface area contributed by atoms with E-state index < -0.39 is 37.3 Å². The van der Waals surface area contributed by atoms with Gasteiger partial charge < -0.3 is 18.9 Å². The fourth-order valence-electron chi connectivity index (χ4n) is 2.54. The molecule has 9 nitrogen and oxygen atoms in total. The lowest BCUT2D eigenvalue weighted by Crippen LogP contribution is -2.33. The zero-order valence-corrected chi connectivity index (χ0v) is 14.8. The highest BCUT2D eigenvalue weighted by Crippen LogP contribution is 2.50. The summed E-state index contributed by atoms with van der Waals surface area (Å²) < 4.78 is 28.8. The predicted octanol–water partition coefficient (Wildman–Crippen LogP) is 0.883. The Morgan fingerprint density at radius 2 is 2.08 bits per heavy atom. The van der Waals surface area contributed by atoms with Gasteiger partial charge in [-0.05, 0) is 19.4 Å². The summed E-state index contributed by atoms with van der Waals surface area (Å²) in [4.78, 5) is 25.6. The Hall–Kier alpha value is -1.51. The van der Waals surface area contributed by atoms with Gasteiger partial charge in [-0.25, -0.2) is 4.79 Å². The average molecular weight is 360 g/mol. The van der Waals surface area contributed by atoms with Crippen molar-refractivity contribution in [2.75, 3.05) is 14.2 Å². The van der Waals surface area contributed by atoms with Crippen molar-refractivity contribution in [3.63, 3.8) is 0 Å². The molecule has 0 aliphatic carbocycles. The van der Waals surface area contributed by atoms with Crippen LogP contribution in [0.2, 0.25) is 0 Å². The second-order valence-electron chi connectivity index (χ2n) is 5.57. The number of aliphatic hydroxyl groups excluding tert-OH is 1. The number of rotatable bonds is 5. The fraction of sp³-hybridized carbons (Fsp3) is 0.571. The van der Waals surface area contributed by atoms with Crippen LogP contribution in [0.25, 0.3) is 0 Å². The van der Waals surface area contributed by atoms with Crippen molar-refractivity contribution in [1.82, 2.24) is 9.55 Å². The van der Waals surface area contributed by atoms with Crippen LogP contribution in [0.3, 0.4) is 0 Å². The molecule has 1 fully saturated rings. The van der Waals surface area contributed by atoms with Crippen LogP contribution >= 0.6 is 7.60 Å². The molecule has 2 rings (SSSR count). The van der Waals surface area contributed by atoms with Crippen LogP contribution in [0.4, 0.5) is 0 Å². The third kappa shape index (κ3) is 3.76. The number of aromatic nitrogens is 2. The summed E-state index contributed by atoms with van der Waals surface area (Å²) in [5.74, 6) is 1.28. The Bertz CT molecular complexity index is 789. The Kier molecular flexibility index (Phi) is 5.62. The summed E-state index contributed by atoms with van der Waals surface area (Å²) in [6.07, 6.45) is -0.901. The van der Waals surface area contributed by atoms with Crippen LogP contribution in [-0.2, 0) is 18.3 Å². The maximum Gasteiger partial charge on any atom is 0.353 e. The van der Waals surface area contributed by atoms with E-state index in [1.807, 2.05) is 0 Å². The van der Waals surface area contributed by atoms with E-state index in [-0.39, 0.29) is 6.42 Å². The van der Waals surface area contributed by atoms with Gasteiger partial charge in [0.2, 0.25) is 0 Å². The highest BCUT2D eigenvalue weighted by atomic mass is 31.2. The van der Waals surface area contributed by atoms with Crippen LogP contribution in [0.1, 0.15) is 25.1 Å². The Morgan fingerprint density at radius 3 is 2.67 bits per heavy atom. The third-order valence-corrected chi connectivity index (χ3v) is 5.61. The van der Waals surface area contributed by atoms with Gasteiger partial charge in [0.15, 0.2) is 0 Å². The number of aliphatic hydroxyl groups is 1. The second kappa shape index (κ2) is 7.16. The van der Waals surface area contributed by atoms with E-state index in [0.29, 0.717) is 11.1 Å². The first-order valence-electron chi connectivity index (χ1n) is 7.27. The molecule has 24 heavy (non-hydrogen) atoms. The van der Waals surface area contributed by atoms with Crippen molar-refractivity contribution in [3.8, 4) is 0 Å². The molecule has 2 N–H and O–H groups in total. The number of nitrogens with zero attached hydrogens (tertiary/aromatic N) is 1. The molecular formula is C14H21N2O7P. The molecule has 1 aliphatic heterocycles. The summed E-state index contributed by atoms with van der Waals surface area (Å²) in [7, 11) is -0.890. The lowest BCUT2D eigenvalue weighted by atomic mass is 10.1. The Labute approximate surface area is 138 Å². The van der Waals surface area contributed by atoms with Gasteiger partial charge in [-0.3, -0.25) is 18.9 Å². The quantitative estimate of drug-likeness (QED) is 0.748. The van der Waals surface area contributed by atoms with Gasteiger partial charge in [0.25, 0.3) is 5.56 Å². The Balaban J connectivity index is 2.29. The molecular weight excluding hydrogens is 339 g/mol. The van der Waals surface area contributed by atoms with Crippen molar-refractivity contribution < 1.29 is 23.5 Å². The Morgan fingerprint density at radius 1 is 1.46 bits per heavy atom. The number of ether oxygens (including phenoxy) is 1. The van der Waals surface area contributed by atoms with Gasteiger partial charge in [0.1, 0.15) is 12.3 Å². The summed E-state index contributed by atoms with van der Waals surface area (Å²) in [5, 5.41) is 10.2. The lowest BCUT2D eigenvalue weighted by Gasteiger charge is -2.18. The number of nitrogens with one attached hydrogen (secondary N) is 1. The molecule has 134 valence electrons. The van der Waals surface area contributed by atoms with Gasteiger partial charge >= 0.3 is 13.3 Å². The molecule has 1 aromatic heterocycles. The van der Waals surface area contributed by atoms with Gasteiger partial charge in [0.05, 0.1) is 6.10 Å². The minimum atomic E-state index is -3.40. The highest BCUT2D eigenvalue weighted by molar-refractivity contribution is 7.57. The molecule has 0 aromatic carbocycles. The maximum absolute atomic E-state index is 12.2. The second-order valence-corrected chi connectivity index (χ2v) is 7.64. The summed E-state index contributed by atoms with van der Waals surface area (Å²) in [5.41, 5.74) is -0.272. The molecule has 1 aromatic rings. The van der Waals surface area contributed by atoms with Crippen molar-refractivity contribution in [3.05, 3.63) is 44.0 Å². The predicted molar refractivity (Wildman–Crippen MR) is 86.0 cm³/mol. The average Bonchev–Trinajstić information content (AvgIpc) is 2.92. The van der Waals surface area contributed by atoms with Crippen LogP contribution in [-0.4, -0.2) is 41.1 Å². The molecule has 1 saturated heterocycles. The molecule has 1 aliphatic rings. The fourth-order valence-corrected chi connectivity index (χ4v) is 3.54. The SMILES string of the molecule is COP(=O)(/C=C(\C)[C@H]1O[C@@H](n2cc(C)c(=O)[nH]c2=O)CC1O)OC. The monoisotopic (exact) mass is 360 g/mol. The molecule has 10 heteroatoms. The van der Waals surface area contributed by atoms with Crippen LogP contribution in [0.5, 0.6) is 0 Å². The largest absolute Gasteiger partial charge is 0.390 e. The van der Waals surface area contributed by atoms with E-state index in [2.05, 4.69) is 4.98 Å². The zero-order valence-electron chi connectivity index (χ0n) is 13.9. The first-order valence-corrected chi connectivity index (χ1v) is 8.88. The van der Waals surface area contributed by atoms with Crippen LogP contribution in [0, 0.1) is 6.92 Å². The van der Waals surface area contributed by atoms with Crippen molar-refractivity contribution in [1.29, 1.82) is 0 Å². The smallest absolute Gasteiger partial charge is 0.353 e. The van der Waals surface area contributed by atoms with Crippen molar-refractivity contribution in [2.45, 2.75) is 38.7 Å². The van der Waals surface area contributed by atoms with E-state index in [1.165, 1.54) is 30.8 Å². The van der Waals surface area contributed by atoms with Crippen LogP contribution in [0.15, 0.2) is 27.2 Å². The first kappa shape index (κ1) is 18.8. The van der Waals surface area contributed by atoms with Crippen molar-refractivity contribution in [2.24, 2.45) is 0 Å². The van der Waals surface area contributed by atoms with E-state index in [4.69, 9.17) is 13.8 Å². The van der Waals surface area contributed by atoms with Gasteiger partial charge in [-0.1, -0.05) is 0 Å². The number of aryl methyl sites for hydroxylation is 1. The van der Waals surface area contributed by atoms with Gasteiger partial charge in [-0.15, -0.1) is 0 Å². The standard InChI is InChI=1S/C14H21N2O7P/c1-8-6-16(14(19)15-13(8)18)11-5-10(17)12(23-11)9(2)7-24(20,21-3)22-4/h6-7,10-12,17H,5H2,1-4H3,(H,15,18,19)/b9-7+/t10?,11-,12-/m1/s1. The summed E-state index contributed by atoms with van der Waals surface area (Å²) >= 11 is 0. The number of hydrogen-bond donors (Lipinski definition) is 2. The molecule has 0 spiro atoms. The minimum absolute atomic E-state index is 0.144. The van der Waals surface area contributed by atoms with E-state index >= 15 is 0 Å². The lowest BCUT2D eigenvalue weighted by molar-refractivity contribution is -0.00105. The zero-order chi connectivity index (χ0) is 18.1. The third-order valence-electron chi connectivity index (χ3n) is 3.87. The van der Waals surface area contributed by atoms with E-state index in [9.17, 15) is 19.3 Å². The maximum atomic E-state index is 12.2. The van der Waals surface area contributed by atoms with E-state index in [1.54, 1.807) is 13.8 Å². The molecule has 0 saturated carbocycles. The molecule has 2 heterocycles. The minimum Gasteiger partial charge on any atom is -0.390 e. The first-order chi connectivity index (χ1) is 11.2. The summed E-state index contributed by atoms with van der Waals surface area (Å²) in [6.45, 7) is 3.19. The van der Waals surface area contributed by atoms with Crippen molar-refractivity contribution >= 4 is 7.60 Å². The van der Waals surface area contributed by atoms with Gasteiger partial charge in [0, 0.05) is 38.2 Å². The number of hydrogen-bond acceptors (Lipinski definition) is 7. The number of aromatic amines is 1. The van der Waals surface area contributed by atoms with E-state index in [0.717, 1.165) is 0 Å². The number of H-pyrrole nitrogens is 1. The summed E-state index contributed by atoms with van der Waals surface area (Å²) in [6, 6.07) is 0. The van der Waals surface area contributed by atoms with Gasteiger partial charge in [-0.2, -0.15) is 0 Å². The molecule has 1 unspecified atom stereocenters. The normalized spacial score (nSPS) is 25.2. The van der Waals surface area contributed by atoms with Crippen LogP contribution < -0.4 is 11.2 Å². The highest BCUT2D eigenvalue weighted by Gasteiger charge is 2.37. The molecule has 0 radical (unpaired) electrons. The molecule has 3 atom stereocenters. The molecule has 0 bridgehead atoms. The topological polar surface area (TPSA) is 120 Å². The molecule has 0 amide bonds.